The number of nitrogens with zero attached hydrogens (tertiary/aromatic N) is 1. The van der Waals surface area contributed by atoms with Gasteiger partial charge in [0.2, 0.25) is 0 Å². The Labute approximate surface area is 131 Å². The number of hydrogen-bond acceptors (Lipinski definition) is 4. The van der Waals surface area contributed by atoms with Gasteiger partial charge in [-0.15, -0.1) is 0 Å². The molecule has 2 rings (SSSR count). The van der Waals surface area contributed by atoms with Crippen LogP contribution >= 0.6 is 28.1 Å². The third kappa shape index (κ3) is 3.02. The first-order valence-corrected chi connectivity index (χ1v) is 7.39. The Hall–Kier alpha value is -1.40. The molecule has 2 aromatic rings. The van der Waals surface area contributed by atoms with Crippen LogP contribution in [0.5, 0.6) is 0 Å². The van der Waals surface area contributed by atoms with Gasteiger partial charge in [-0.05, 0) is 54.9 Å². The van der Waals surface area contributed by atoms with Gasteiger partial charge in [-0.2, -0.15) is 0 Å². The summed E-state index contributed by atoms with van der Waals surface area (Å²) in [4.78, 5) is 0.377. The highest BCUT2D eigenvalue weighted by molar-refractivity contribution is 9.10. The van der Waals surface area contributed by atoms with Gasteiger partial charge in [0, 0.05) is 21.3 Å². The Bertz CT molecular complexity index is 634. The second-order valence-corrected chi connectivity index (χ2v) is 5.96. The van der Waals surface area contributed by atoms with E-state index in [0.717, 1.165) is 32.7 Å². The van der Waals surface area contributed by atoms with E-state index in [1.807, 2.05) is 32.0 Å². The SMILES string of the molecule is Cc1noc(C)c1C(C)Nc1ccc(C(N)=S)c(Br)c1. The Morgan fingerprint density at radius 2 is 2.15 bits per heavy atom. The summed E-state index contributed by atoms with van der Waals surface area (Å²) in [6.45, 7) is 5.93. The number of thiocarbonyl (C=S) groups is 1. The average Bonchev–Trinajstić information content (AvgIpc) is 2.68. The van der Waals surface area contributed by atoms with Crippen LogP contribution in [0.15, 0.2) is 27.2 Å². The first kappa shape index (κ1) is 15.0. The number of hydrogen-bond donors (Lipinski definition) is 2. The van der Waals surface area contributed by atoms with E-state index >= 15 is 0 Å². The summed E-state index contributed by atoms with van der Waals surface area (Å²) in [5.74, 6) is 0.835. The second-order valence-electron chi connectivity index (χ2n) is 4.66. The van der Waals surface area contributed by atoms with E-state index in [2.05, 4.69) is 33.3 Å². The van der Waals surface area contributed by atoms with Crippen molar-refractivity contribution >= 4 is 38.8 Å². The largest absolute Gasteiger partial charge is 0.389 e. The summed E-state index contributed by atoms with van der Waals surface area (Å²) in [6, 6.07) is 5.91. The zero-order chi connectivity index (χ0) is 14.9. The molecule has 1 aromatic heterocycles. The van der Waals surface area contributed by atoms with Crippen molar-refractivity contribution in [3.8, 4) is 0 Å². The molecule has 1 aromatic carbocycles. The van der Waals surface area contributed by atoms with Gasteiger partial charge in [0.05, 0.1) is 11.7 Å². The van der Waals surface area contributed by atoms with E-state index in [1.54, 1.807) is 0 Å². The molecule has 0 fully saturated rings. The predicted octanol–water partition coefficient (Wildman–Crippen LogP) is 3.86. The Morgan fingerprint density at radius 1 is 1.45 bits per heavy atom. The minimum Gasteiger partial charge on any atom is -0.389 e. The molecule has 6 heteroatoms. The molecule has 0 amide bonds. The van der Waals surface area contributed by atoms with Gasteiger partial charge < -0.3 is 15.6 Å². The molecular formula is C14H16BrN3OS. The van der Waals surface area contributed by atoms with E-state index in [0.29, 0.717) is 4.99 Å². The molecule has 1 heterocycles. The number of aryl methyl sites for hydroxylation is 2. The highest BCUT2D eigenvalue weighted by atomic mass is 79.9. The fourth-order valence-electron chi connectivity index (χ4n) is 2.24. The van der Waals surface area contributed by atoms with Crippen LogP contribution in [0.4, 0.5) is 5.69 Å². The minimum atomic E-state index is 0.101. The number of rotatable bonds is 4. The summed E-state index contributed by atoms with van der Waals surface area (Å²) in [5, 5.41) is 7.39. The monoisotopic (exact) mass is 353 g/mol. The first-order chi connectivity index (χ1) is 9.40. The molecule has 0 bridgehead atoms. The van der Waals surface area contributed by atoms with Crippen molar-refractivity contribution < 1.29 is 4.52 Å². The normalized spacial score (nSPS) is 12.2. The van der Waals surface area contributed by atoms with E-state index < -0.39 is 0 Å². The van der Waals surface area contributed by atoms with E-state index in [9.17, 15) is 0 Å². The molecular weight excluding hydrogens is 338 g/mol. The molecule has 0 aliphatic rings. The summed E-state index contributed by atoms with van der Waals surface area (Å²) < 4.78 is 6.07. The lowest BCUT2D eigenvalue weighted by molar-refractivity contribution is 0.392. The van der Waals surface area contributed by atoms with Crippen molar-refractivity contribution in [2.75, 3.05) is 5.32 Å². The van der Waals surface area contributed by atoms with Crippen LogP contribution in [0.1, 0.15) is 35.5 Å². The second kappa shape index (κ2) is 5.93. The van der Waals surface area contributed by atoms with Gasteiger partial charge in [0.1, 0.15) is 10.7 Å². The number of nitrogens with two attached hydrogens (primary N) is 1. The van der Waals surface area contributed by atoms with Gasteiger partial charge in [-0.25, -0.2) is 0 Å². The molecule has 1 atom stereocenters. The van der Waals surface area contributed by atoms with Crippen molar-refractivity contribution in [3.63, 3.8) is 0 Å². The molecule has 0 aliphatic heterocycles. The molecule has 20 heavy (non-hydrogen) atoms. The molecule has 0 saturated carbocycles. The van der Waals surface area contributed by atoms with Crippen molar-refractivity contribution in [3.05, 3.63) is 45.3 Å². The number of anilines is 1. The molecule has 0 aliphatic carbocycles. The quantitative estimate of drug-likeness (QED) is 0.817. The van der Waals surface area contributed by atoms with Crippen LogP contribution in [0.2, 0.25) is 0 Å². The molecule has 0 radical (unpaired) electrons. The Balaban J connectivity index is 2.22. The predicted molar refractivity (Wildman–Crippen MR) is 88.0 cm³/mol. The summed E-state index contributed by atoms with van der Waals surface area (Å²) in [5.41, 5.74) is 9.44. The minimum absolute atomic E-state index is 0.101. The number of halogens is 1. The molecule has 0 spiro atoms. The number of nitrogens with one attached hydrogen (secondary N) is 1. The molecule has 1 unspecified atom stereocenters. The third-order valence-corrected chi connectivity index (χ3v) is 4.02. The van der Waals surface area contributed by atoms with E-state index in [-0.39, 0.29) is 6.04 Å². The first-order valence-electron chi connectivity index (χ1n) is 6.18. The van der Waals surface area contributed by atoms with Crippen LogP contribution in [0.25, 0.3) is 0 Å². The van der Waals surface area contributed by atoms with Crippen molar-refractivity contribution in [2.45, 2.75) is 26.8 Å². The zero-order valence-electron chi connectivity index (χ0n) is 11.5. The summed E-state index contributed by atoms with van der Waals surface area (Å²) >= 11 is 8.46. The Kier molecular flexibility index (Phi) is 4.45. The standard InChI is InChI=1S/C14H16BrN3OS/c1-7(13-8(2)18-19-9(13)3)17-10-4-5-11(14(16)20)12(15)6-10/h4-7,17H,1-3H3,(H2,16,20). The maximum Gasteiger partial charge on any atom is 0.139 e. The highest BCUT2D eigenvalue weighted by Crippen LogP contribution is 2.27. The van der Waals surface area contributed by atoms with Crippen LogP contribution in [0, 0.1) is 13.8 Å². The molecule has 0 saturated heterocycles. The van der Waals surface area contributed by atoms with Crippen LogP contribution < -0.4 is 11.1 Å². The van der Waals surface area contributed by atoms with Gasteiger partial charge in [-0.1, -0.05) is 17.4 Å². The smallest absolute Gasteiger partial charge is 0.139 e. The fourth-order valence-corrected chi connectivity index (χ4v) is 3.14. The Morgan fingerprint density at radius 3 is 2.65 bits per heavy atom. The number of aromatic nitrogens is 1. The average molecular weight is 354 g/mol. The lowest BCUT2D eigenvalue weighted by Crippen LogP contribution is -2.11. The maximum absolute atomic E-state index is 5.64. The van der Waals surface area contributed by atoms with Crippen molar-refractivity contribution in [1.82, 2.24) is 5.16 Å². The van der Waals surface area contributed by atoms with Crippen molar-refractivity contribution in [1.29, 1.82) is 0 Å². The van der Waals surface area contributed by atoms with Crippen molar-refractivity contribution in [2.24, 2.45) is 5.73 Å². The van der Waals surface area contributed by atoms with Crippen LogP contribution in [0.3, 0.4) is 0 Å². The lowest BCUT2D eigenvalue weighted by Gasteiger charge is -2.16. The molecule has 3 N–H and O–H groups in total. The summed E-state index contributed by atoms with van der Waals surface area (Å²) in [7, 11) is 0. The maximum atomic E-state index is 5.64. The van der Waals surface area contributed by atoms with Crippen LogP contribution in [-0.4, -0.2) is 10.1 Å². The van der Waals surface area contributed by atoms with E-state index in [4.69, 9.17) is 22.5 Å². The third-order valence-electron chi connectivity index (χ3n) is 3.14. The van der Waals surface area contributed by atoms with E-state index in [1.165, 1.54) is 0 Å². The lowest BCUT2D eigenvalue weighted by atomic mass is 10.1. The zero-order valence-corrected chi connectivity index (χ0v) is 13.9. The fraction of sp³-hybridized carbons (Fsp3) is 0.286. The topological polar surface area (TPSA) is 64.1 Å². The molecule has 4 nitrogen and oxygen atoms in total. The van der Waals surface area contributed by atoms with Gasteiger partial charge in [0.25, 0.3) is 0 Å². The molecule has 106 valence electrons. The van der Waals surface area contributed by atoms with Gasteiger partial charge in [0.15, 0.2) is 0 Å². The summed E-state index contributed by atoms with van der Waals surface area (Å²) in [6.07, 6.45) is 0. The van der Waals surface area contributed by atoms with Gasteiger partial charge >= 0.3 is 0 Å². The highest BCUT2D eigenvalue weighted by Gasteiger charge is 2.16. The van der Waals surface area contributed by atoms with Gasteiger partial charge in [-0.3, -0.25) is 0 Å². The number of benzene rings is 1. The van der Waals surface area contributed by atoms with Crippen LogP contribution in [-0.2, 0) is 0 Å².